The van der Waals surface area contributed by atoms with Crippen LogP contribution in [-0.2, 0) is 4.74 Å². The first kappa shape index (κ1) is 21.9. The number of hydrogen-bond donors (Lipinski definition) is 0. The van der Waals surface area contributed by atoms with Crippen LogP contribution in [-0.4, -0.2) is 26.5 Å². The van der Waals surface area contributed by atoms with Crippen LogP contribution in [0.5, 0.6) is 0 Å². The van der Waals surface area contributed by atoms with E-state index < -0.39 is 5.82 Å². The van der Waals surface area contributed by atoms with Crippen molar-refractivity contribution in [3.8, 4) is 11.3 Å². The van der Waals surface area contributed by atoms with E-state index >= 15 is 0 Å². The zero-order valence-electron chi connectivity index (χ0n) is 18.8. The fraction of sp³-hybridized carbons (Fsp3) is 0.308. The molecule has 3 aromatic heterocycles. The first-order chi connectivity index (χ1) is 15.9. The Hall–Kier alpha value is -2.96. The molecule has 5 nitrogen and oxygen atoms in total. The number of ether oxygens (including phenoxy) is 1. The minimum absolute atomic E-state index is 0.0375. The van der Waals surface area contributed by atoms with Gasteiger partial charge in [0.05, 0.1) is 23.0 Å². The van der Waals surface area contributed by atoms with Crippen LogP contribution in [0.2, 0.25) is 5.02 Å². The van der Waals surface area contributed by atoms with Gasteiger partial charge in [-0.3, -0.25) is 4.98 Å². The van der Waals surface area contributed by atoms with Crippen LogP contribution < -0.4 is 0 Å². The molecule has 0 amide bonds. The topological polar surface area (TPSA) is 60.8 Å². The number of nitrogens with zero attached hydrogens (tertiary/aromatic N) is 4. The molecule has 1 aliphatic heterocycles. The molecule has 7 heteroatoms. The summed E-state index contributed by atoms with van der Waals surface area (Å²) in [6, 6.07) is 10.7. The number of aryl methyl sites for hydroxylation is 3. The highest BCUT2D eigenvalue weighted by Gasteiger charge is 2.28. The van der Waals surface area contributed by atoms with Crippen molar-refractivity contribution in [1.29, 1.82) is 0 Å². The summed E-state index contributed by atoms with van der Waals surface area (Å²) in [7, 11) is 0. The third-order valence-corrected chi connectivity index (χ3v) is 6.50. The number of benzene rings is 1. The molecule has 1 aromatic carbocycles. The molecule has 0 unspecified atom stereocenters. The Labute approximate surface area is 197 Å². The lowest BCUT2D eigenvalue weighted by atomic mass is 9.88. The second-order valence-electron chi connectivity index (χ2n) is 8.59. The first-order valence-electron chi connectivity index (χ1n) is 11.0. The van der Waals surface area contributed by atoms with Gasteiger partial charge in [0.2, 0.25) is 0 Å². The van der Waals surface area contributed by atoms with Gasteiger partial charge in [0.1, 0.15) is 17.0 Å². The second-order valence-corrected chi connectivity index (χ2v) is 9.03. The summed E-state index contributed by atoms with van der Waals surface area (Å²) >= 11 is 6.00. The van der Waals surface area contributed by atoms with E-state index in [2.05, 4.69) is 11.1 Å². The molecule has 33 heavy (non-hydrogen) atoms. The minimum atomic E-state index is -0.425. The second kappa shape index (κ2) is 8.76. The van der Waals surface area contributed by atoms with E-state index in [4.69, 9.17) is 31.3 Å². The summed E-state index contributed by atoms with van der Waals surface area (Å²) in [5.74, 6) is -0.273. The lowest BCUT2D eigenvalue weighted by Crippen LogP contribution is -2.20. The highest BCUT2D eigenvalue weighted by atomic mass is 35.5. The number of hydrogen-bond acceptors (Lipinski definition) is 5. The minimum Gasteiger partial charge on any atom is -0.373 e. The van der Waals surface area contributed by atoms with Crippen LogP contribution >= 0.6 is 11.6 Å². The van der Waals surface area contributed by atoms with Gasteiger partial charge in [-0.2, -0.15) is 0 Å². The Kier molecular flexibility index (Phi) is 5.81. The predicted molar refractivity (Wildman–Crippen MR) is 127 cm³/mol. The van der Waals surface area contributed by atoms with E-state index in [-0.39, 0.29) is 12.0 Å². The molecule has 0 saturated carbocycles. The van der Waals surface area contributed by atoms with Crippen molar-refractivity contribution >= 4 is 22.6 Å². The summed E-state index contributed by atoms with van der Waals surface area (Å²) in [6.07, 6.45) is 3.39. The molecule has 4 aromatic rings. The van der Waals surface area contributed by atoms with Crippen LogP contribution in [0.15, 0.2) is 42.6 Å². The quantitative estimate of drug-likeness (QED) is 0.350. The normalized spacial score (nSPS) is 18.6. The van der Waals surface area contributed by atoms with Crippen molar-refractivity contribution < 1.29 is 9.13 Å². The van der Waals surface area contributed by atoms with Gasteiger partial charge in [0.25, 0.3) is 0 Å². The molecular weight excluding hydrogens is 439 g/mol. The maximum atomic E-state index is 14.9. The van der Waals surface area contributed by atoms with Gasteiger partial charge in [0, 0.05) is 40.7 Å². The molecule has 0 radical (unpaired) electrons. The summed E-state index contributed by atoms with van der Waals surface area (Å²) in [4.78, 5) is 18.7. The molecule has 1 saturated heterocycles. The Morgan fingerprint density at radius 2 is 1.82 bits per heavy atom. The van der Waals surface area contributed by atoms with Gasteiger partial charge in [-0.15, -0.1) is 0 Å². The lowest BCUT2D eigenvalue weighted by molar-refractivity contribution is 0.00460. The third-order valence-electron chi connectivity index (χ3n) is 6.26. The fourth-order valence-electron chi connectivity index (χ4n) is 4.39. The van der Waals surface area contributed by atoms with E-state index in [1.54, 1.807) is 12.1 Å². The van der Waals surface area contributed by atoms with Crippen LogP contribution in [0.25, 0.3) is 22.3 Å². The molecule has 168 valence electrons. The van der Waals surface area contributed by atoms with Crippen molar-refractivity contribution in [2.45, 2.75) is 45.6 Å². The smallest absolute Gasteiger partial charge is 0.134 e. The molecule has 0 aliphatic carbocycles. The van der Waals surface area contributed by atoms with Gasteiger partial charge in [-0.05, 0) is 75.6 Å². The lowest BCUT2D eigenvalue weighted by Gasteiger charge is -2.30. The van der Waals surface area contributed by atoms with Crippen molar-refractivity contribution in [2.24, 2.45) is 0 Å². The summed E-state index contributed by atoms with van der Waals surface area (Å²) in [5, 5.41) is 0.342. The average Bonchev–Trinajstić information content (AvgIpc) is 2.80. The van der Waals surface area contributed by atoms with Gasteiger partial charge in [0.15, 0.2) is 0 Å². The number of pyridine rings is 2. The summed E-state index contributed by atoms with van der Waals surface area (Å²) in [5.41, 5.74) is 6.78. The molecule has 0 bridgehead atoms. The average molecular weight is 463 g/mol. The molecule has 1 fully saturated rings. The summed E-state index contributed by atoms with van der Waals surface area (Å²) < 4.78 is 21.0. The number of rotatable bonds is 3. The number of aromatic nitrogens is 4. The molecule has 2 atom stereocenters. The Morgan fingerprint density at radius 3 is 2.61 bits per heavy atom. The third kappa shape index (κ3) is 4.33. The molecule has 5 rings (SSSR count). The van der Waals surface area contributed by atoms with E-state index in [0.29, 0.717) is 28.4 Å². The van der Waals surface area contributed by atoms with E-state index in [1.165, 1.54) is 6.07 Å². The Balaban J connectivity index is 1.62. The van der Waals surface area contributed by atoms with Crippen LogP contribution in [0.4, 0.5) is 4.39 Å². The highest BCUT2D eigenvalue weighted by Crippen LogP contribution is 2.39. The van der Waals surface area contributed by atoms with E-state index in [9.17, 15) is 4.39 Å². The molecule has 0 N–H and O–H groups in total. The van der Waals surface area contributed by atoms with Gasteiger partial charge < -0.3 is 4.74 Å². The van der Waals surface area contributed by atoms with Crippen LogP contribution in [0, 0.1) is 26.6 Å². The SMILES string of the molecule is Cc1cc([C@@H]2C[C@@H](c3cc4nc(C)c(C)nc4c(-c4ccc(Cl)cc4F)n3)CCO2)ccn1. The first-order valence-corrected chi connectivity index (χ1v) is 11.4. The maximum absolute atomic E-state index is 14.9. The Bertz CT molecular complexity index is 1360. The fourth-order valence-corrected chi connectivity index (χ4v) is 4.55. The van der Waals surface area contributed by atoms with Crippen LogP contribution in [0.3, 0.4) is 0 Å². The maximum Gasteiger partial charge on any atom is 0.134 e. The zero-order chi connectivity index (χ0) is 23.1. The van der Waals surface area contributed by atoms with Crippen molar-refractivity contribution in [3.05, 3.63) is 81.8 Å². The van der Waals surface area contributed by atoms with E-state index in [0.717, 1.165) is 46.7 Å². The highest BCUT2D eigenvalue weighted by molar-refractivity contribution is 6.30. The Morgan fingerprint density at radius 1 is 1.00 bits per heavy atom. The monoisotopic (exact) mass is 462 g/mol. The number of fused-ring (bicyclic) bond motifs is 1. The van der Waals surface area contributed by atoms with Crippen molar-refractivity contribution in [2.75, 3.05) is 6.61 Å². The zero-order valence-corrected chi connectivity index (χ0v) is 19.5. The van der Waals surface area contributed by atoms with Gasteiger partial charge in [-0.1, -0.05) is 11.6 Å². The summed E-state index contributed by atoms with van der Waals surface area (Å²) in [6.45, 7) is 6.43. The largest absolute Gasteiger partial charge is 0.373 e. The molecule has 4 heterocycles. The van der Waals surface area contributed by atoms with Crippen LogP contribution in [0.1, 0.15) is 53.2 Å². The number of halogens is 2. The molecular formula is C26H24ClFN4O. The molecule has 0 spiro atoms. The van der Waals surface area contributed by atoms with Gasteiger partial charge in [-0.25, -0.2) is 19.3 Å². The predicted octanol–water partition coefficient (Wildman–Crippen LogP) is 6.44. The standard InChI is InChI=1S/C26H24ClFN4O/c1-14-10-18(6-8-29-14)24-11-17(7-9-33-24)22-13-23-26(31-16(3)15(2)30-23)25(32-22)20-5-4-19(27)12-21(20)28/h4-6,8,10,12-13,17,24H,7,9,11H2,1-3H3/t17-,24-/m0/s1. The van der Waals surface area contributed by atoms with E-state index in [1.807, 2.05) is 39.1 Å². The molecule has 1 aliphatic rings. The van der Waals surface area contributed by atoms with Gasteiger partial charge >= 0.3 is 0 Å². The van der Waals surface area contributed by atoms with Crippen molar-refractivity contribution in [3.63, 3.8) is 0 Å². The van der Waals surface area contributed by atoms with Crippen molar-refractivity contribution in [1.82, 2.24) is 19.9 Å².